The molecule has 1 N–H and O–H groups in total. The van der Waals surface area contributed by atoms with Gasteiger partial charge < -0.3 is 24.3 Å². The molecule has 122 valence electrons. The number of ether oxygens (including phenoxy) is 4. The molecule has 0 fully saturated rings. The van der Waals surface area contributed by atoms with Gasteiger partial charge in [-0.05, 0) is 26.0 Å². The second-order valence-electron chi connectivity index (χ2n) is 4.36. The topological polar surface area (TPSA) is 83.1 Å². The van der Waals surface area contributed by atoms with Crippen molar-refractivity contribution in [3.05, 3.63) is 17.7 Å². The van der Waals surface area contributed by atoms with Gasteiger partial charge in [0.2, 0.25) is 5.75 Å². The van der Waals surface area contributed by atoms with Crippen LogP contribution >= 0.6 is 0 Å². The minimum absolute atomic E-state index is 0.200. The Morgan fingerprint density at radius 2 is 1.64 bits per heavy atom. The number of hydrogen-bond donors (Lipinski definition) is 1. The van der Waals surface area contributed by atoms with Crippen LogP contribution in [-0.2, 0) is 9.53 Å². The van der Waals surface area contributed by atoms with Gasteiger partial charge in [-0.15, -0.1) is 0 Å². The Kier molecular flexibility index (Phi) is 6.49. The largest absolute Gasteiger partial charge is 0.493 e. The van der Waals surface area contributed by atoms with Gasteiger partial charge in [0.15, 0.2) is 17.6 Å². The molecule has 1 rings (SSSR count). The summed E-state index contributed by atoms with van der Waals surface area (Å²) in [6.07, 6.45) is -0.897. The SMILES string of the molecule is CCNC(=O)[C@H](C)OC(=O)c1cc(OC)c(OC)c(OC)c1. The average molecular weight is 311 g/mol. The normalized spacial score (nSPS) is 11.3. The van der Waals surface area contributed by atoms with Crippen LogP contribution in [0.2, 0.25) is 0 Å². The van der Waals surface area contributed by atoms with E-state index in [-0.39, 0.29) is 11.5 Å². The van der Waals surface area contributed by atoms with Crippen LogP contribution in [0.15, 0.2) is 12.1 Å². The van der Waals surface area contributed by atoms with E-state index in [1.54, 1.807) is 6.92 Å². The maximum Gasteiger partial charge on any atom is 0.339 e. The zero-order chi connectivity index (χ0) is 16.7. The van der Waals surface area contributed by atoms with Gasteiger partial charge in [0.1, 0.15) is 0 Å². The molecular weight excluding hydrogens is 290 g/mol. The zero-order valence-electron chi connectivity index (χ0n) is 13.4. The van der Waals surface area contributed by atoms with Crippen molar-refractivity contribution in [3.63, 3.8) is 0 Å². The van der Waals surface area contributed by atoms with Crippen molar-refractivity contribution >= 4 is 11.9 Å². The molecule has 0 spiro atoms. The van der Waals surface area contributed by atoms with Gasteiger partial charge in [-0.2, -0.15) is 0 Å². The van der Waals surface area contributed by atoms with Crippen LogP contribution < -0.4 is 19.5 Å². The van der Waals surface area contributed by atoms with Crippen molar-refractivity contribution in [2.75, 3.05) is 27.9 Å². The second-order valence-corrected chi connectivity index (χ2v) is 4.36. The molecule has 22 heavy (non-hydrogen) atoms. The quantitative estimate of drug-likeness (QED) is 0.766. The fourth-order valence-electron chi connectivity index (χ4n) is 1.80. The highest BCUT2D eigenvalue weighted by Gasteiger charge is 2.21. The molecule has 1 aromatic rings. The van der Waals surface area contributed by atoms with E-state index in [0.717, 1.165) is 0 Å². The first-order valence-electron chi connectivity index (χ1n) is 6.77. The van der Waals surface area contributed by atoms with Crippen molar-refractivity contribution in [3.8, 4) is 17.2 Å². The summed E-state index contributed by atoms with van der Waals surface area (Å²) in [7, 11) is 4.36. The minimum atomic E-state index is -0.897. The van der Waals surface area contributed by atoms with Crippen molar-refractivity contribution in [1.29, 1.82) is 0 Å². The molecule has 0 radical (unpaired) electrons. The fraction of sp³-hybridized carbons (Fsp3) is 0.467. The van der Waals surface area contributed by atoms with Crippen LogP contribution in [0.4, 0.5) is 0 Å². The lowest BCUT2D eigenvalue weighted by Gasteiger charge is -2.15. The molecule has 0 saturated heterocycles. The lowest BCUT2D eigenvalue weighted by atomic mass is 10.2. The molecule has 7 heteroatoms. The molecule has 7 nitrogen and oxygen atoms in total. The third kappa shape index (κ3) is 4.03. The van der Waals surface area contributed by atoms with Gasteiger partial charge in [-0.25, -0.2) is 4.79 Å². The van der Waals surface area contributed by atoms with E-state index in [9.17, 15) is 9.59 Å². The predicted molar refractivity (Wildman–Crippen MR) is 79.7 cm³/mol. The van der Waals surface area contributed by atoms with Crippen molar-refractivity contribution < 1.29 is 28.5 Å². The van der Waals surface area contributed by atoms with Gasteiger partial charge >= 0.3 is 5.97 Å². The Bertz CT molecular complexity index is 518. The van der Waals surface area contributed by atoms with E-state index < -0.39 is 12.1 Å². The minimum Gasteiger partial charge on any atom is -0.493 e. The van der Waals surface area contributed by atoms with Crippen LogP contribution in [0.1, 0.15) is 24.2 Å². The number of nitrogens with one attached hydrogen (secondary N) is 1. The Balaban J connectivity index is 3.01. The standard InChI is InChI=1S/C15H21NO6/c1-6-16-14(17)9(2)22-15(18)10-7-11(19-3)13(21-5)12(8-10)20-4/h7-9H,6H2,1-5H3,(H,16,17)/t9-/m0/s1. The maximum absolute atomic E-state index is 12.1. The van der Waals surface area contributed by atoms with Gasteiger partial charge in [0, 0.05) is 6.54 Å². The monoisotopic (exact) mass is 311 g/mol. The molecule has 0 unspecified atom stereocenters. The summed E-state index contributed by atoms with van der Waals surface area (Å²) in [6, 6.07) is 2.93. The van der Waals surface area contributed by atoms with E-state index in [0.29, 0.717) is 23.8 Å². The average Bonchev–Trinajstić information content (AvgIpc) is 2.53. The first kappa shape index (κ1) is 17.6. The molecule has 1 atom stereocenters. The number of likely N-dealkylation sites (N-methyl/N-ethyl adjacent to an activating group) is 1. The van der Waals surface area contributed by atoms with Crippen LogP contribution in [-0.4, -0.2) is 45.9 Å². The van der Waals surface area contributed by atoms with Crippen LogP contribution in [0.5, 0.6) is 17.2 Å². The summed E-state index contributed by atoms with van der Waals surface area (Å²) in [5.41, 5.74) is 0.200. The van der Waals surface area contributed by atoms with Gasteiger partial charge in [-0.3, -0.25) is 4.79 Å². The van der Waals surface area contributed by atoms with Gasteiger partial charge in [0.25, 0.3) is 5.91 Å². The summed E-state index contributed by atoms with van der Waals surface area (Å²) in [4.78, 5) is 23.7. The first-order chi connectivity index (χ1) is 10.5. The van der Waals surface area contributed by atoms with Crippen LogP contribution in [0, 0.1) is 0 Å². The number of benzene rings is 1. The molecule has 0 aliphatic rings. The fourth-order valence-corrected chi connectivity index (χ4v) is 1.80. The van der Waals surface area contributed by atoms with Crippen molar-refractivity contribution in [2.45, 2.75) is 20.0 Å². The van der Waals surface area contributed by atoms with E-state index in [1.165, 1.54) is 40.4 Å². The third-order valence-electron chi connectivity index (χ3n) is 2.90. The molecule has 1 amide bonds. The number of hydrogen-bond acceptors (Lipinski definition) is 6. The van der Waals surface area contributed by atoms with Crippen LogP contribution in [0.3, 0.4) is 0 Å². The molecule has 0 aromatic heterocycles. The summed E-state index contributed by atoms with van der Waals surface area (Å²) in [5.74, 6) is 0.0264. The summed E-state index contributed by atoms with van der Waals surface area (Å²) >= 11 is 0. The molecular formula is C15H21NO6. The Labute approximate surface area is 129 Å². The Morgan fingerprint density at radius 1 is 1.09 bits per heavy atom. The number of esters is 1. The maximum atomic E-state index is 12.1. The molecule has 1 aromatic carbocycles. The third-order valence-corrected chi connectivity index (χ3v) is 2.90. The molecule has 0 heterocycles. The Morgan fingerprint density at radius 3 is 2.05 bits per heavy atom. The highest BCUT2D eigenvalue weighted by Crippen LogP contribution is 2.38. The summed E-state index contributed by atoms with van der Waals surface area (Å²) in [6.45, 7) is 3.75. The van der Waals surface area contributed by atoms with Crippen molar-refractivity contribution in [1.82, 2.24) is 5.32 Å². The van der Waals surface area contributed by atoms with E-state index in [4.69, 9.17) is 18.9 Å². The number of carbonyl (C=O) groups is 2. The van der Waals surface area contributed by atoms with E-state index >= 15 is 0 Å². The summed E-state index contributed by atoms with van der Waals surface area (Å²) in [5, 5.41) is 2.58. The molecule has 0 saturated carbocycles. The number of amides is 1. The number of methoxy groups -OCH3 is 3. The van der Waals surface area contributed by atoms with Crippen molar-refractivity contribution in [2.24, 2.45) is 0 Å². The molecule has 0 aliphatic carbocycles. The Hall–Kier alpha value is -2.44. The van der Waals surface area contributed by atoms with E-state index in [2.05, 4.69) is 5.32 Å². The number of rotatable bonds is 7. The molecule has 0 bridgehead atoms. The second kappa shape index (κ2) is 8.11. The highest BCUT2D eigenvalue weighted by molar-refractivity contribution is 5.93. The number of carbonyl (C=O) groups excluding carboxylic acids is 2. The van der Waals surface area contributed by atoms with Gasteiger partial charge in [0.05, 0.1) is 26.9 Å². The predicted octanol–water partition coefficient (Wildman–Crippen LogP) is 1.39. The van der Waals surface area contributed by atoms with Gasteiger partial charge in [-0.1, -0.05) is 0 Å². The smallest absolute Gasteiger partial charge is 0.339 e. The lowest BCUT2D eigenvalue weighted by Crippen LogP contribution is -2.35. The zero-order valence-corrected chi connectivity index (χ0v) is 13.4. The first-order valence-corrected chi connectivity index (χ1v) is 6.77. The molecule has 0 aliphatic heterocycles. The highest BCUT2D eigenvalue weighted by atomic mass is 16.5. The van der Waals surface area contributed by atoms with E-state index in [1.807, 2.05) is 0 Å². The summed E-state index contributed by atoms with van der Waals surface area (Å²) < 4.78 is 20.6. The lowest BCUT2D eigenvalue weighted by molar-refractivity contribution is -0.128. The van der Waals surface area contributed by atoms with Crippen LogP contribution in [0.25, 0.3) is 0 Å².